The van der Waals surface area contributed by atoms with Gasteiger partial charge in [-0.3, -0.25) is 14.5 Å². The maximum absolute atomic E-state index is 13.4. The molecule has 1 heterocycles. The van der Waals surface area contributed by atoms with Crippen molar-refractivity contribution in [1.29, 1.82) is 0 Å². The first-order valence-electron chi connectivity index (χ1n) is 11.3. The van der Waals surface area contributed by atoms with Crippen LogP contribution < -0.4 is 4.90 Å². The second kappa shape index (κ2) is 9.35. The maximum atomic E-state index is 13.4. The number of fused-ring (bicyclic) bond motifs is 1. The van der Waals surface area contributed by atoms with Crippen molar-refractivity contribution in [3.8, 4) is 11.5 Å². The van der Waals surface area contributed by atoms with Gasteiger partial charge in [0.05, 0.1) is 16.6 Å². The van der Waals surface area contributed by atoms with Gasteiger partial charge >= 0.3 is 0 Å². The molecule has 1 amide bonds. The van der Waals surface area contributed by atoms with E-state index >= 15 is 0 Å². The van der Waals surface area contributed by atoms with Gasteiger partial charge in [0.1, 0.15) is 11.5 Å². The number of anilines is 1. The lowest BCUT2D eigenvalue weighted by Gasteiger charge is -2.17. The first-order chi connectivity index (χ1) is 16.5. The van der Waals surface area contributed by atoms with Crippen LogP contribution in [0.4, 0.5) is 11.4 Å². The van der Waals surface area contributed by atoms with E-state index in [9.17, 15) is 19.8 Å². The van der Waals surface area contributed by atoms with Crippen LogP contribution in [-0.2, 0) is 17.6 Å². The fraction of sp³-hybridized carbons (Fsp3) is 0.222. The Morgan fingerprint density at radius 1 is 0.912 bits per heavy atom. The van der Waals surface area contributed by atoms with Crippen LogP contribution in [0.5, 0.6) is 11.5 Å². The van der Waals surface area contributed by atoms with Crippen molar-refractivity contribution in [2.24, 2.45) is 4.99 Å². The molecule has 6 nitrogen and oxygen atoms in total. The highest BCUT2D eigenvalue weighted by Crippen LogP contribution is 2.36. The number of aryl methyl sites for hydroxylation is 2. The Hall–Kier alpha value is -3.58. The molecule has 1 aliphatic heterocycles. The summed E-state index contributed by atoms with van der Waals surface area (Å²) in [6.45, 7) is 0. The molecule has 7 heteroatoms. The molecule has 5 rings (SSSR count). The van der Waals surface area contributed by atoms with E-state index in [1.807, 2.05) is 18.2 Å². The highest BCUT2D eigenvalue weighted by Gasteiger charge is 2.40. The van der Waals surface area contributed by atoms with Crippen LogP contribution in [0.15, 0.2) is 71.7 Å². The molecule has 3 aromatic carbocycles. The van der Waals surface area contributed by atoms with E-state index in [0.29, 0.717) is 22.1 Å². The summed E-state index contributed by atoms with van der Waals surface area (Å²) < 4.78 is 0. The zero-order valence-corrected chi connectivity index (χ0v) is 19.3. The van der Waals surface area contributed by atoms with E-state index in [-0.39, 0.29) is 29.6 Å². The molecule has 1 aliphatic carbocycles. The highest BCUT2D eigenvalue weighted by atomic mass is 32.2. The van der Waals surface area contributed by atoms with Gasteiger partial charge in [0, 0.05) is 12.0 Å². The Morgan fingerprint density at radius 2 is 1.56 bits per heavy atom. The molecule has 1 unspecified atom stereocenters. The number of carbonyl (C=O) groups is 2. The standard InChI is InChI=1S/C27H24N2O4S/c30-22-11-7-20(8-12-22)28-27-29(21-9-13-23(31)14-10-21)26(33)25(34-27)16-24(32)19-6-5-17-3-1-2-4-18(17)15-19/h5-15,25,30-31H,1-4,16H2. The summed E-state index contributed by atoms with van der Waals surface area (Å²) in [5.41, 5.74) is 4.35. The fourth-order valence-corrected chi connectivity index (χ4v) is 5.50. The Morgan fingerprint density at radius 3 is 2.26 bits per heavy atom. The molecule has 1 atom stereocenters. The van der Waals surface area contributed by atoms with Crippen LogP contribution in [0, 0.1) is 0 Å². The quantitative estimate of drug-likeness (QED) is 0.486. The van der Waals surface area contributed by atoms with Crippen molar-refractivity contribution >= 4 is 40.0 Å². The van der Waals surface area contributed by atoms with Gasteiger partial charge in [-0.1, -0.05) is 23.9 Å². The molecule has 0 bridgehead atoms. The predicted molar refractivity (Wildman–Crippen MR) is 134 cm³/mol. The lowest BCUT2D eigenvalue weighted by molar-refractivity contribution is -0.116. The molecule has 0 saturated carbocycles. The Balaban J connectivity index is 1.42. The van der Waals surface area contributed by atoms with Crippen molar-refractivity contribution in [2.75, 3.05) is 4.90 Å². The molecule has 1 fully saturated rings. The van der Waals surface area contributed by atoms with E-state index < -0.39 is 5.25 Å². The number of carbonyl (C=O) groups excluding carboxylic acids is 2. The maximum Gasteiger partial charge on any atom is 0.247 e. The van der Waals surface area contributed by atoms with E-state index in [4.69, 9.17) is 0 Å². The second-order valence-electron chi connectivity index (χ2n) is 8.53. The third-order valence-electron chi connectivity index (χ3n) is 6.16. The number of aromatic hydroxyl groups is 2. The molecular weight excluding hydrogens is 448 g/mol. The predicted octanol–water partition coefficient (Wildman–Crippen LogP) is 5.39. The fourth-order valence-electron chi connectivity index (χ4n) is 4.34. The van der Waals surface area contributed by atoms with Gasteiger partial charge in [0.15, 0.2) is 11.0 Å². The minimum Gasteiger partial charge on any atom is -0.508 e. The largest absolute Gasteiger partial charge is 0.508 e. The minimum atomic E-state index is -0.604. The zero-order chi connectivity index (χ0) is 23.7. The summed E-state index contributed by atoms with van der Waals surface area (Å²) in [6, 6.07) is 18.6. The summed E-state index contributed by atoms with van der Waals surface area (Å²) in [7, 11) is 0. The molecule has 2 aliphatic rings. The van der Waals surface area contributed by atoms with Gasteiger partial charge in [-0.25, -0.2) is 4.99 Å². The smallest absolute Gasteiger partial charge is 0.247 e. The molecule has 34 heavy (non-hydrogen) atoms. The molecule has 172 valence electrons. The monoisotopic (exact) mass is 472 g/mol. The molecule has 3 aromatic rings. The number of Topliss-reactive ketones (excluding diaryl/α,β-unsaturated/α-hetero) is 1. The molecule has 0 aromatic heterocycles. The zero-order valence-electron chi connectivity index (χ0n) is 18.5. The number of phenols is 2. The number of benzene rings is 3. The number of amides is 1. The van der Waals surface area contributed by atoms with Crippen LogP contribution in [0.1, 0.15) is 40.7 Å². The van der Waals surface area contributed by atoms with Crippen molar-refractivity contribution in [3.63, 3.8) is 0 Å². The van der Waals surface area contributed by atoms with Crippen molar-refractivity contribution in [1.82, 2.24) is 0 Å². The third kappa shape index (κ3) is 4.56. The van der Waals surface area contributed by atoms with E-state index in [2.05, 4.69) is 4.99 Å². The average molecular weight is 473 g/mol. The van der Waals surface area contributed by atoms with E-state index in [0.717, 1.165) is 19.3 Å². The van der Waals surface area contributed by atoms with Crippen LogP contribution >= 0.6 is 11.8 Å². The van der Waals surface area contributed by atoms with Gasteiger partial charge in [0.2, 0.25) is 5.91 Å². The van der Waals surface area contributed by atoms with Gasteiger partial charge < -0.3 is 10.2 Å². The van der Waals surface area contributed by atoms with Crippen molar-refractivity contribution in [3.05, 3.63) is 83.4 Å². The van der Waals surface area contributed by atoms with E-state index in [1.165, 1.54) is 58.5 Å². The Labute approximate surface area is 202 Å². The normalized spacial score (nSPS) is 18.8. The lowest BCUT2D eigenvalue weighted by Crippen LogP contribution is -2.32. The number of nitrogens with zero attached hydrogens (tertiary/aromatic N) is 2. The van der Waals surface area contributed by atoms with E-state index in [1.54, 1.807) is 24.3 Å². The molecule has 2 N–H and O–H groups in total. The highest BCUT2D eigenvalue weighted by molar-refractivity contribution is 8.16. The van der Waals surface area contributed by atoms with Crippen LogP contribution in [0.2, 0.25) is 0 Å². The van der Waals surface area contributed by atoms with Crippen LogP contribution in [0.3, 0.4) is 0 Å². The van der Waals surface area contributed by atoms with Crippen molar-refractivity contribution in [2.45, 2.75) is 37.4 Å². The number of hydrogen-bond donors (Lipinski definition) is 2. The third-order valence-corrected chi connectivity index (χ3v) is 7.30. The number of ketones is 1. The Kier molecular flexibility index (Phi) is 6.11. The number of thioether (sulfide) groups is 1. The topological polar surface area (TPSA) is 90.2 Å². The summed E-state index contributed by atoms with van der Waals surface area (Å²) in [4.78, 5) is 32.7. The number of phenolic OH excluding ortho intramolecular Hbond substituents is 2. The Bertz CT molecular complexity index is 1270. The first-order valence-corrected chi connectivity index (χ1v) is 12.2. The van der Waals surface area contributed by atoms with Crippen molar-refractivity contribution < 1.29 is 19.8 Å². The SMILES string of the molecule is O=C(CC1SC(=Nc2ccc(O)cc2)N(c2ccc(O)cc2)C1=O)c1ccc2c(c1)CCCC2. The number of aliphatic imine (C=N–C) groups is 1. The molecule has 0 spiro atoms. The lowest BCUT2D eigenvalue weighted by atomic mass is 9.89. The van der Waals surface area contributed by atoms with Gasteiger partial charge in [-0.2, -0.15) is 0 Å². The summed E-state index contributed by atoms with van der Waals surface area (Å²) in [5, 5.41) is 19.1. The second-order valence-corrected chi connectivity index (χ2v) is 9.70. The number of rotatable bonds is 5. The number of amidine groups is 1. The number of hydrogen-bond acceptors (Lipinski definition) is 6. The van der Waals surface area contributed by atoms with Gasteiger partial charge in [-0.15, -0.1) is 0 Å². The molecule has 1 saturated heterocycles. The molecule has 0 radical (unpaired) electrons. The van der Waals surface area contributed by atoms with Crippen LogP contribution in [-0.4, -0.2) is 32.3 Å². The van der Waals surface area contributed by atoms with Crippen LogP contribution in [0.25, 0.3) is 0 Å². The summed E-state index contributed by atoms with van der Waals surface area (Å²) in [6.07, 6.45) is 4.45. The van der Waals surface area contributed by atoms with Gasteiger partial charge in [0.25, 0.3) is 0 Å². The summed E-state index contributed by atoms with van der Waals surface area (Å²) >= 11 is 1.26. The first kappa shape index (κ1) is 22.2. The average Bonchev–Trinajstić information content (AvgIpc) is 3.15. The minimum absolute atomic E-state index is 0.0595. The van der Waals surface area contributed by atoms with Gasteiger partial charge in [-0.05, 0) is 91.4 Å². The molecular formula is C27H24N2O4S. The summed E-state index contributed by atoms with van der Waals surface area (Å²) in [5.74, 6) is -0.0579.